The molecule has 0 radical (unpaired) electrons. The van der Waals surface area contributed by atoms with E-state index in [4.69, 9.17) is 10.2 Å². The number of nitro groups is 2. The molecule has 4 N–H and O–H groups in total. The van der Waals surface area contributed by atoms with Gasteiger partial charge < -0.3 is 20.4 Å². The summed E-state index contributed by atoms with van der Waals surface area (Å²) in [4.78, 5) is 19.0. The van der Waals surface area contributed by atoms with E-state index < -0.39 is 44.2 Å². The number of aliphatic hydroxyl groups excluding tert-OH is 4. The third-order valence-corrected chi connectivity index (χ3v) is 4.27. The van der Waals surface area contributed by atoms with Gasteiger partial charge in [-0.3, -0.25) is 20.2 Å². The van der Waals surface area contributed by atoms with Crippen LogP contribution < -0.4 is 0 Å². The normalized spacial score (nSPS) is 21.4. The lowest BCUT2D eigenvalue weighted by molar-refractivity contribution is -0.576. The van der Waals surface area contributed by atoms with Crippen molar-refractivity contribution in [2.75, 3.05) is 13.2 Å². The molecule has 0 heterocycles. The zero-order valence-electron chi connectivity index (χ0n) is 8.64. The Morgan fingerprint density at radius 1 is 0.944 bits per heavy atom. The Balaban J connectivity index is 5.38. The van der Waals surface area contributed by atoms with Crippen LogP contribution in [0.15, 0.2) is 0 Å². The van der Waals surface area contributed by atoms with Gasteiger partial charge in [-0.1, -0.05) is 0 Å². The van der Waals surface area contributed by atoms with Crippen molar-refractivity contribution in [2.24, 2.45) is 0 Å². The molecule has 0 aromatic carbocycles. The quantitative estimate of drug-likeness (QED) is 0.173. The van der Waals surface area contributed by atoms with Gasteiger partial charge in [0.1, 0.15) is 13.2 Å². The Kier molecular flexibility index (Phi) is 6.03. The molecule has 106 valence electrons. The Morgan fingerprint density at radius 3 is 1.28 bits per heavy atom. The van der Waals surface area contributed by atoms with Crippen molar-refractivity contribution >= 4 is 31.9 Å². The van der Waals surface area contributed by atoms with E-state index in [0.717, 1.165) is 0 Å². The van der Waals surface area contributed by atoms with Gasteiger partial charge in [-0.15, -0.1) is 0 Å². The van der Waals surface area contributed by atoms with Crippen LogP contribution in [-0.2, 0) is 0 Å². The van der Waals surface area contributed by atoms with Gasteiger partial charge in [0.25, 0.3) is 0 Å². The van der Waals surface area contributed by atoms with Crippen LogP contribution in [0.5, 0.6) is 0 Å². The van der Waals surface area contributed by atoms with Gasteiger partial charge in [0.15, 0.2) is 12.2 Å². The van der Waals surface area contributed by atoms with E-state index in [0.29, 0.717) is 0 Å². The Morgan fingerprint density at radius 2 is 1.17 bits per heavy atom. The molecule has 0 fully saturated rings. The van der Waals surface area contributed by atoms with Crippen molar-refractivity contribution in [3.05, 3.63) is 20.2 Å². The van der Waals surface area contributed by atoms with E-state index in [2.05, 4.69) is 31.9 Å². The molecule has 0 aromatic heterocycles. The highest BCUT2D eigenvalue weighted by Crippen LogP contribution is 2.33. The topological polar surface area (TPSA) is 167 Å². The number of halogens is 2. The number of alkyl halides is 2. The van der Waals surface area contributed by atoms with E-state index >= 15 is 0 Å². The van der Waals surface area contributed by atoms with E-state index in [1.807, 2.05) is 0 Å². The number of hydrogen-bond acceptors (Lipinski definition) is 8. The zero-order valence-corrected chi connectivity index (χ0v) is 11.8. The molecule has 0 aliphatic rings. The lowest BCUT2D eigenvalue weighted by Crippen LogP contribution is -2.61. The predicted molar refractivity (Wildman–Crippen MR) is 63.5 cm³/mol. The monoisotopic (exact) mass is 396 g/mol. The highest BCUT2D eigenvalue weighted by atomic mass is 79.9. The number of nitrogens with zero attached hydrogens (tertiary/aromatic N) is 2. The third kappa shape index (κ3) is 2.95. The van der Waals surface area contributed by atoms with Crippen LogP contribution in [0, 0.1) is 20.2 Å². The van der Waals surface area contributed by atoms with Crippen LogP contribution in [0.3, 0.4) is 0 Å². The van der Waals surface area contributed by atoms with Gasteiger partial charge in [-0.25, -0.2) is 0 Å². The SMILES string of the molecule is O=[N+]([O-])C(Br)(CO)C(O)C(O)C(Br)(CO)[N+](=O)[O-]. The van der Waals surface area contributed by atoms with E-state index in [9.17, 15) is 30.4 Å². The highest BCUT2D eigenvalue weighted by Gasteiger charge is 2.60. The summed E-state index contributed by atoms with van der Waals surface area (Å²) < 4.78 is -5.17. The second-order valence-corrected chi connectivity index (χ2v) is 6.10. The fourth-order valence-electron chi connectivity index (χ4n) is 1.00. The molecule has 0 saturated heterocycles. The molecule has 10 nitrogen and oxygen atoms in total. The van der Waals surface area contributed by atoms with Crippen molar-refractivity contribution in [2.45, 2.75) is 21.1 Å². The smallest absolute Gasteiger partial charge is 0.325 e. The fourth-order valence-corrected chi connectivity index (χ4v) is 1.50. The minimum absolute atomic E-state index is 1.15. The molecule has 18 heavy (non-hydrogen) atoms. The summed E-state index contributed by atoms with van der Waals surface area (Å²) in [5, 5.41) is 58.2. The Labute approximate surface area is 117 Å². The van der Waals surface area contributed by atoms with Crippen LogP contribution in [0.1, 0.15) is 0 Å². The first kappa shape index (κ1) is 17.6. The first-order valence-electron chi connectivity index (χ1n) is 4.32. The first-order valence-corrected chi connectivity index (χ1v) is 5.91. The lowest BCUT2D eigenvalue weighted by Gasteiger charge is -2.30. The van der Waals surface area contributed by atoms with Crippen LogP contribution in [-0.4, -0.2) is 64.6 Å². The number of rotatable bonds is 7. The summed E-state index contributed by atoms with van der Waals surface area (Å²) in [6.45, 7) is -2.46. The summed E-state index contributed by atoms with van der Waals surface area (Å²) in [7, 11) is 0. The van der Waals surface area contributed by atoms with Crippen molar-refractivity contribution in [3.8, 4) is 0 Å². The summed E-state index contributed by atoms with van der Waals surface area (Å²) in [6.07, 6.45) is -4.70. The highest BCUT2D eigenvalue weighted by molar-refractivity contribution is 9.10. The number of hydrogen-bond donors (Lipinski definition) is 4. The van der Waals surface area contributed by atoms with Gasteiger partial charge in [-0.05, 0) is 0 Å². The van der Waals surface area contributed by atoms with Crippen LogP contribution in [0.4, 0.5) is 0 Å². The minimum Gasteiger partial charge on any atom is -0.388 e. The maximum atomic E-state index is 10.7. The number of aliphatic hydroxyl groups is 4. The van der Waals surface area contributed by atoms with E-state index in [1.165, 1.54) is 0 Å². The van der Waals surface area contributed by atoms with Gasteiger partial charge in [-0.2, -0.15) is 0 Å². The van der Waals surface area contributed by atoms with Crippen molar-refractivity contribution in [3.63, 3.8) is 0 Å². The second-order valence-electron chi connectivity index (χ2n) is 3.36. The third-order valence-electron chi connectivity index (χ3n) is 2.26. The molecule has 0 amide bonds. The van der Waals surface area contributed by atoms with Gasteiger partial charge in [0.2, 0.25) is 0 Å². The fraction of sp³-hybridized carbons (Fsp3) is 1.00. The van der Waals surface area contributed by atoms with Crippen LogP contribution in [0.2, 0.25) is 0 Å². The average Bonchev–Trinajstić information content (AvgIpc) is 2.34. The molecule has 0 aliphatic heterocycles. The molecule has 0 bridgehead atoms. The largest absolute Gasteiger partial charge is 0.388 e. The predicted octanol–water partition coefficient (Wildman–Crippen LogP) is -1.57. The molecule has 4 unspecified atom stereocenters. The molecule has 0 spiro atoms. The van der Waals surface area contributed by atoms with Crippen molar-refractivity contribution in [1.82, 2.24) is 0 Å². The zero-order chi connectivity index (χ0) is 14.7. The van der Waals surface area contributed by atoms with Gasteiger partial charge in [0, 0.05) is 41.7 Å². The molecule has 4 atom stereocenters. The molecular weight excluding hydrogens is 388 g/mol. The van der Waals surface area contributed by atoms with Crippen molar-refractivity contribution in [1.29, 1.82) is 0 Å². The molecule has 0 rings (SSSR count). The Bertz CT molecular complexity index is 312. The van der Waals surface area contributed by atoms with E-state index in [1.54, 1.807) is 0 Å². The standard InChI is InChI=1S/C6H10Br2N2O8/c7-5(1-11,9(15)16)3(13)4(14)6(8,2-12)10(17)18/h3-4,11-14H,1-2H2. The molecule has 12 heteroatoms. The van der Waals surface area contributed by atoms with Crippen LogP contribution in [0.25, 0.3) is 0 Å². The lowest BCUT2D eigenvalue weighted by atomic mass is 10.0. The average molecular weight is 398 g/mol. The van der Waals surface area contributed by atoms with Gasteiger partial charge in [0.05, 0.1) is 0 Å². The molecule has 0 aliphatic carbocycles. The maximum absolute atomic E-state index is 10.7. The minimum atomic E-state index is -2.59. The molecule has 0 saturated carbocycles. The maximum Gasteiger partial charge on any atom is 0.325 e. The summed E-state index contributed by atoms with van der Waals surface area (Å²) in [5.74, 6) is 0. The second kappa shape index (κ2) is 6.16. The van der Waals surface area contributed by atoms with Crippen LogP contribution >= 0.6 is 31.9 Å². The molecular formula is C6H10Br2N2O8. The summed E-state index contributed by atoms with van der Waals surface area (Å²) in [5.41, 5.74) is 0. The molecule has 0 aromatic rings. The summed E-state index contributed by atoms with van der Waals surface area (Å²) in [6, 6.07) is 0. The van der Waals surface area contributed by atoms with E-state index in [-0.39, 0.29) is 0 Å². The van der Waals surface area contributed by atoms with Gasteiger partial charge >= 0.3 is 8.90 Å². The summed E-state index contributed by atoms with van der Waals surface area (Å²) >= 11 is 4.80. The first-order chi connectivity index (χ1) is 8.07. The van der Waals surface area contributed by atoms with Crippen molar-refractivity contribution < 1.29 is 30.3 Å². The Hall–Kier alpha value is -0.400.